The lowest BCUT2D eigenvalue weighted by molar-refractivity contribution is -0.00380. The predicted molar refractivity (Wildman–Crippen MR) is 140 cm³/mol. The highest BCUT2D eigenvalue weighted by Gasteiger charge is 2.11. The molecule has 10 heteroatoms. The van der Waals surface area contributed by atoms with E-state index in [-0.39, 0.29) is 0 Å². The van der Waals surface area contributed by atoms with Crippen molar-refractivity contribution in [3.05, 3.63) is 47.9 Å². The summed E-state index contributed by atoms with van der Waals surface area (Å²) in [4.78, 5) is 0. The second kappa shape index (κ2) is 20.6. The molecule has 1 aromatic carbocycles. The third-order valence-corrected chi connectivity index (χ3v) is 5.38. The van der Waals surface area contributed by atoms with Crippen LogP contribution in [0.5, 0.6) is 11.5 Å². The summed E-state index contributed by atoms with van der Waals surface area (Å²) in [5.74, 6) is 2.96. The number of hydrogen-bond acceptors (Lipinski definition) is 10. The molecular weight excluding hydrogens is 496 g/mol. The molecule has 0 aromatic heterocycles. The summed E-state index contributed by atoms with van der Waals surface area (Å²) >= 11 is 0. The van der Waals surface area contributed by atoms with E-state index in [1.54, 1.807) is 0 Å². The molecule has 0 saturated heterocycles. The lowest BCUT2D eigenvalue weighted by atomic mass is 10.1. The number of para-hydroxylation sites is 2. The number of rotatable bonds is 0. The Morgan fingerprint density at radius 2 is 0.816 bits per heavy atom. The van der Waals surface area contributed by atoms with E-state index in [1.165, 1.54) is 0 Å². The second-order valence-electron chi connectivity index (χ2n) is 8.24. The van der Waals surface area contributed by atoms with Gasteiger partial charge in [-0.25, -0.2) is 0 Å². The first kappa shape index (κ1) is 30.2. The van der Waals surface area contributed by atoms with Crippen molar-refractivity contribution in [3.8, 4) is 11.5 Å². The zero-order chi connectivity index (χ0) is 26.4. The average Bonchev–Trinajstić information content (AvgIpc) is 2.94. The van der Waals surface area contributed by atoms with Gasteiger partial charge in [-0.3, -0.25) is 0 Å². The molecule has 1 aliphatic heterocycles. The molecule has 38 heavy (non-hydrogen) atoms. The van der Waals surface area contributed by atoms with Gasteiger partial charge in [0.1, 0.15) is 32.2 Å². The van der Waals surface area contributed by atoms with Gasteiger partial charge in [-0.1, -0.05) is 18.2 Å². The second-order valence-corrected chi connectivity index (χ2v) is 8.24. The van der Waals surface area contributed by atoms with Crippen molar-refractivity contribution < 1.29 is 47.4 Å². The van der Waals surface area contributed by atoms with Crippen molar-refractivity contribution in [3.63, 3.8) is 0 Å². The van der Waals surface area contributed by atoms with Crippen molar-refractivity contribution in [1.29, 1.82) is 0 Å². The van der Waals surface area contributed by atoms with Gasteiger partial charge in [0, 0.05) is 6.42 Å². The zero-order valence-electron chi connectivity index (χ0n) is 22.3. The smallest absolute Gasteiger partial charge is 0.161 e. The van der Waals surface area contributed by atoms with Crippen molar-refractivity contribution in [2.24, 2.45) is 0 Å². The highest BCUT2D eigenvalue weighted by atomic mass is 16.6. The highest BCUT2D eigenvalue weighted by molar-refractivity contribution is 5.39. The molecule has 0 bridgehead atoms. The van der Waals surface area contributed by atoms with Crippen LogP contribution in [0.1, 0.15) is 12.8 Å². The Morgan fingerprint density at radius 1 is 0.421 bits per heavy atom. The van der Waals surface area contributed by atoms with Gasteiger partial charge in [0.05, 0.1) is 79.3 Å². The van der Waals surface area contributed by atoms with Crippen LogP contribution >= 0.6 is 0 Å². The number of benzene rings is 1. The highest BCUT2D eigenvalue weighted by Crippen LogP contribution is 2.26. The van der Waals surface area contributed by atoms with Crippen LogP contribution in [0.3, 0.4) is 0 Å². The maximum atomic E-state index is 5.89. The Balaban J connectivity index is 1.36. The normalized spacial score (nSPS) is 21.4. The predicted octanol–water partition coefficient (Wildman–Crippen LogP) is 3.15. The molecule has 0 spiro atoms. The van der Waals surface area contributed by atoms with Gasteiger partial charge in [-0.15, -0.1) is 0 Å². The molecule has 0 atom stereocenters. The molecule has 1 heterocycles. The monoisotopic (exact) mass is 538 g/mol. The van der Waals surface area contributed by atoms with Crippen molar-refractivity contribution in [2.75, 3.05) is 106 Å². The van der Waals surface area contributed by atoms with E-state index in [4.69, 9.17) is 47.4 Å². The van der Waals surface area contributed by atoms with Crippen molar-refractivity contribution >= 4 is 0 Å². The third-order valence-electron chi connectivity index (χ3n) is 5.38. The fraction of sp³-hybridized carbons (Fsp3) is 0.643. The number of ether oxygens (including phenoxy) is 10. The molecule has 0 amide bonds. The summed E-state index contributed by atoms with van der Waals surface area (Å²) in [5.41, 5.74) is 0. The van der Waals surface area contributed by atoms with E-state index < -0.39 is 0 Å². The number of hydrogen-bond donors (Lipinski definition) is 0. The number of fused-ring (bicyclic) bond motifs is 1. The minimum atomic E-state index is 0.416. The largest absolute Gasteiger partial charge is 0.492 e. The molecule has 0 radical (unpaired) electrons. The Hall–Kier alpha value is -2.34. The minimum absolute atomic E-state index is 0.416. The van der Waals surface area contributed by atoms with Crippen LogP contribution in [-0.2, 0) is 37.9 Å². The van der Waals surface area contributed by atoms with Crippen LogP contribution in [-0.4, -0.2) is 106 Å². The van der Waals surface area contributed by atoms with E-state index in [9.17, 15) is 0 Å². The summed E-state index contributed by atoms with van der Waals surface area (Å²) in [7, 11) is 0. The summed E-state index contributed by atoms with van der Waals surface area (Å²) in [6.07, 6.45) is 5.79. The maximum Gasteiger partial charge on any atom is 0.161 e. The topological polar surface area (TPSA) is 92.3 Å². The molecule has 1 aromatic rings. The molecule has 0 N–H and O–H groups in total. The minimum Gasteiger partial charge on any atom is -0.492 e. The van der Waals surface area contributed by atoms with Crippen LogP contribution < -0.4 is 9.47 Å². The summed E-state index contributed by atoms with van der Waals surface area (Å²) < 4.78 is 56.8. The van der Waals surface area contributed by atoms with E-state index >= 15 is 0 Å². The summed E-state index contributed by atoms with van der Waals surface area (Å²) in [6.45, 7) is 7.55. The standard InChI is InChI=1S/C28H42O10/c1-2-6-26-25(5-1)35-21-17-31-13-9-29-11-15-33-19-23-37-27-7-3-4-8-28(27)38-24-20-34-16-12-30-10-14-32-18-22-36-26/h1-3,5-7H,4,8-24H2. The Morgan fingerprint density at radius 3 is 1.29 bits per heavy atom. The van der Waals surface area contributed by atoms with Crippen LogP contribution in [0, 0.1) is 0 Å². The number of allylic oxidation sites excluding steroid dienone is 3. The molecule has 0 saturated carbocycles. The molecule has 214 valence electrons. The van der Waals surface area contributed by atoms with E-state index in [1.807, 2.05) is 30.3 Å². The molecule has 0 unspecified atom stereocenters. The Bertz CT molecular complexity index is 798. The first-order valence-electron chi connectivity index (χ1n) is 13.4. The quantitative estimate of drug-likeness (QED) is 0.491. The van der Waals surface area contributed by atoms with Gasteiger partial charge in [0.15, 0.2) is 17.3 Å². The van der Waals surface area contributed by atoms with Gasteiger partial charge < -0.3 is 47.4 Å². The van der Waals surface area contributed by atoms with Gasteiger partial charge in [-0.05, 0) is 24.6 Å². The molecular formula is C28H42O10. The third kappa shape index (κ3) is 13.5. The molecule has 3 rings (SSSR count). The Labute approximate surface area is 225 Å². The fourth-order valence-corrected chi connectivity index (χ4v) is 3.52. The van der Waals surface area contributed by atoms with Crippen molar-refractivity contribution in [1.82, 2.24) is 0 Å². The van der Waals surface area contributed by atoms with Gasteiger partial charge in [0.2, 0.25) is 0 Å². The SMILES string of the molecule is C1=CC2=C(CC1)OCCOCCOCCOCCOc1ccccc1OCCOCCOCCOCCO2. The Kier molecular flexibility index (Phi) is 16.4. The fourth-order valence-electron chi connectivity index (χ4n) is 3.52. The molecule has 0 fully saturated rings. The van der Waals surface area contributed by atoms with Crippen LogP contribution in [0.25, 0.3) is 0 Å². The van der Waals surface area contributed by atoms with E-state index in [0.717, 1.165) is 24.4 Å². The van der Waals surface area contributed by atoms with Crippen LogP contribution in [0.15, 0.2) is 47.9 Å². The van der Waals surface area contributed by atoms with E-state index in [2.05, 4.69) is 6.08 Å². The van der Waals surface area contributed by atoms with Crippen LogP contribution in [0.2, 0.25) is 0 Å². The van der Waals surface area contributed by atoms with Gasteiger partial charge in [0.25, 0.3) is 0 Å². The van der Waals surface area contributed by atoms with Gasteiger partial charge >= 0.3 is 0 Å². The van der Waals surface area contributed by atoms with Crippen molar-refractivity contribution in [2.45, 2.75) is 12.8 Å². The van der Waals surface area contributed by atoms with Gasteiger partial charge in [-0.2, -0.15) is 0 Å². The summed E-state index contributed by atoms with van der Waals surface area (Å²) in [6, 6.07) is 7.56. The summed E-state index contributed by atoms with van der Waals surface area (Å²) in [5, 5.41) is 0. The molecule has 10 nitrogen and oxygen atoms in total. The average molecular weight is 539 g/mol. The zero-order valence-corrected chi connectivity index (χ0v) is 22.3. The first-order chi connectivity index (χ1) is 18.9. The van der Waals surface area contributed by atoms with Crippen LogP contribution in [0.4, 0.5) is 0 Å². The lowest BCUT2D eigenvalue weighted by Gasteiger charge is -2.18. The molecule has 1 aliphatic carbocycles. The molecule has 2 aliphatic rings. The lowest BCUT2D eigenvalue weighted by Crippen LogP contribution is -2.15. The van der Waals surface area contributed by atoms with E-state index in [0.29, 0.717) is 117 Å². The first-order valence-corrected chi connectivity index (χ1v) is 13.4. The maximum absolute atomic E-state index is 5.89.